The van der Waals surface area contributed by atoms with Crippen LogP contribution in [0.4, 0.5) is 5.82 Å². The number of aryl methyl sites for hydroxylation is 1. The molecule has 0 aliphatic carbocycles. The molecule has 0 aromatic carbocycles. The molecule has 2 aromatic rings. The van der Waals surface area contributed by atoms with Gasteiger partial charge in [-0.25, -0.2) is 13.4 Å². The number of pyridine rings is 1. The van der Waals surface area contributed by atoms with Crippen molar-refractivity contribution in [2.24, 2.45) is 11.8 Å². The third kappa shape index (κ3) is 5.28. The Hall–Kier alpha value is -2.30. The number of anilines is 1. The van der Waals surface area contributed by atoms with Crippen LogP contribution in [0.5, 0.6) is 0 Å². The number of aromatic nitrogens is 1. The molecule has 0 radical (unpaired) electrons. The number of sulfonamides is 1. The molecular formula is C23H30N4O4S2. The molecule has 2 fully saturated rings. The van der Waals surface area contributed by atoms with E-state index in [9.17, 15) is 18.0 Å². The summed E-state index contributed by atoms with van der Waals surface area (Å²) in [6.07, 6.45) is 4.47. The first-order valence-corrected chi connectivity index (χ1v) is 13.7. The van der Waals surface area contributed by atoms with E-state index in [0.717, 1.165) is 29.7 Å². The van der Waals surface area contributed by atoms with Crippen LogP contribution in [-0.4, -0.2) is 60.6 Å². The maximum atomic E-state index is 13.2. The van der Waals surface area contributed by atoms with Crippen LogP contribution in [0, 0.1) is 18.8 Å². The molecule has 8 nitrogen and oxygen atoms in total. The minimum Gasteiger partial charge on any atom is -0.339 e. The van der Waals surface area contributed by atoms with E-state index < -0.39 is 10.0 Å². The van der Waals surface area contributed by atoms with E-state index in [1.165, 1.54) is 10.4 Å². The standard InChI is InChI=1S/C23H30N4O4S2/c1-16-5-10-26(11-6-16)23(29)19-14-20(32-15-19)33(30,31)27-12-7-18(8-13-27)22(28)25-21-17(2)4-3-9-24-21/h3-4,9,14-16,18H,5-8,10-13H2,1-2H3,(H,24,25,28). The van der Waals surface area contributed by atoms with Gasteiger partial charge in [-0.15, -0.1) is 11.3 Å². The minimum absolute atomic E-state index is 0.0974. The summed E-state index contributed by atoms with van der Waals surface area (Å²) in [5.74, 6) is 0.662. The summed E-state index contributed by atoms with van der Waals surface area (Å²) >= 11 is 1.09. The number of piperidine rings is 2. The Kier molecular flexibility index (Phi) is 7.16. The maximum Gasteiger partial charge on any atom is 0.254 e. The van der Waals surface area contributed by atoms with Gasteiger partial charge in [-0.05, 0) is 56.2 Å². The van der Waals surface area contributed by atoms with Crippen LogP contribution in [-0.2, 0) is 14.8 Å². The average Bonchev–Trinajstić information content (AvgIpc) is 3.32. The summed E-state index contributed by atoms with van der Waals surface area (Å²) in [4.78, 5) is 31.4. The van der Waals surface area contributed by atoms with E-state index in [1.54, 1.807) is 11.6 Å². The van der Waals surface area contributed by atoms with Gasteiger partial charge in [0, 0.05) is 43.7 Å². The Morgan fingerprint density at radius 1 is 1.12 bits per heavy atom. The molecule has 33 heavy (non-hydrogen) atoms. The van der Waals surface area contributed by atoms with Gasteiger partial charge in [-0.3, -0.25) is 9.59 Å². The first-order valence-electron chi connectivity index (χ1n) is 11.4. The van der Waals surface area contributed by atoms with Crippen LogP contribution in [0.2, 0.25) is 0 Å². The molecule has 2 saturated heterocycles. The second-order valence-corrected chi connectivity index (χ2v) is 12.0. The summed E-state index contributed by atoms with van der Waals surface area (Å²) in [5, 5.41) is 4.50. The quantitative estimate of drug-likeness (QED) is 0.693. The van der Waals surface area contributed by atoms with Crippen molar-refractivity contribution in [1.82, 2.24) is 14.2 Å². The molecule has 4 heterocycles. The van der Waals surface area contributed by atoms with Gasteiger partial charge < -0.3 is 10.2 Å². The summed E-state index contributed by atoms with van der Waals surface area (Å²) in [6.45, 7) is 6.03. The molecule has 2 aliphatic heterocycles. The van der Waals surface area contributed by atoms with E-state index in [1.807, 2.05) is 24.0 Å². The zero-order valence-corrected chi connectivity index (χ0v) is 20.6. The molecule has 2 aliphatic rings. The average molecular weight is 491 g/mol. The highest BCUT2D eigenvalue weighted by molar-refractivity contribution is 7.91. The molecule has 0 unspecified atom stereocenters. The summed E-state index contributed by atoms with van der Waals surface area (Å²) in [6, 6.07) is 5.19. The normalized spacial score (nSPS) is 18.9. The maximum absolute atomic E-state index is 13.2. The van der Waals surface area contributed by atoms with Crippen molar-refractivity contribution in [2.75, 3.05) is 31.5 Å². The van der Waals surface area contributed by atoms with Crippen LogP contribution in [0.1, 0.15) is 48.5 Å². The van der Waals surface area contributed by atoms with Gasteiger partial charge in [0.15, 0.2) is 0 Å². The molecule has 0 saturated carbocycles. The number of amides is 2. The van der Waals surface area contributed by atoms with Crippen LogP contribution >= 0.6 is 11.3 Å². The predicted molar refractivity (Wildman–Crippen MR) is 128 cm³/mol. The largest absolute Gasteiger partial charge is 0.339 e. The zero-order valence-electron chi connectivity index (χ0n) is 19.0. The first-order chi connectivity index (χ1) is 15.8. The third-order valence-corrected chi connectivity index (χ3v) is 9.88. The van der Waals surface area contributed by atoms with Crippen molar-refractivity contribution in [2.45, 2.75) is 43.7 Å². The summed E-state index contributed by atoms with van der Waals surface area (Å²) in [7, 11) is -3.69. The van der Waals surface area contributed by atoms with Crippen molar-refractivity contribution in [1.29, 1.82) is 0 Å². The Bertz CT molecular complexity index is 1110. The summed E-state index contributed by atoms with van der Waals surface area (Å²) in [5.41, 5.74) is 1.32. The molecule has 4 rings (SSSR count). The van der Waals surface area contributed by atoms with Crippen molar-refractivity contribution in [3.63, 3.8) is 0 Å². The molecule has 0 spiro atoms. The van der Waals surface area contributed by atoms with Crippen LogP contribution in [0.3, 0.4) is 0 Å². The molecule has 178 valence electrons. The number of hydrogen-bond donors (Lipinski definition) is 1. The fourth-order valence-electron chi connectivity index (χ4n) is 4.28. The number of carbonyl (C=O) groups excluding carboxylic acids is 2. The van der Waals surface area contributed by atoms with Crippen molar-refractivity contribution in [3.05, 3.63) is 40.9 Å². The second kappa shape index (κ2) is 9.90. The monoisotopic (exact) mass is 490 g/mol. The Labute approximate surface area is 199 Å². The molecule has 2 aromatic heterocycles. The van der Waals surface area contributed by atoms with Gasteiger partial charge in [0.1, 0.15) is 10.0 Å². The molecule has 0 bridgehead atoms. The van der Waals surface area contributed by atoms with Gasteiger partial charge in [-0.1, -0.05) is 13.0 Å². The molecular weight excluding hydrogens is 460 g/mol. The van der Waals surface area contributed by atoms with Gasteiger partial charge >= 0.3 is 0 Å². The Morgan fingerprint density at radius 2 is 1.82 bits per heavy atom. The van der Waals surface area contributed by atoms with Crippen LogP contribution < -0.4 is 5.32 Å². The number of thiophene rings is 1. The van der Waals surface area contributed by atoms with Crippen LogP contribution in [0.15, 0.2) is 34.0 Å². The van der Waals surface area contributed by atoms with E-state index >= 15 is 0 Å². The van der Waals surface area contributed by atoms with Gasteiger partial charge in [0.25, 0.3) is 15.9 Å². The van der Waals surface area contributed by atoms with Gasteiger partial charge in [0.05, 0.1) is 5.56 Å². The fraction of sp³-hybridized carbons (Fsp3) is 0.522. The lowest BCUT2D eigenvalue weighted by atomic mass is 9.97. The van der Waals surface area contributed by atoms with E-state index in [0.29, 0.717) is 43.2 Å². The number of likely N-dealkylation sites (tertiary alicyclic amines) is 1. The van der Waals surface area contributed by atoms with Gasteiger partial charge in [0.2, 0.25) is 5.91 Å². The number of hydrogen-bond acceptors (Lipinski definition) is 6. The number of carbonyl (C=O) groups is 2. The van der Waals surface area contributed by atoms with Gasteiger partial charge in [-0.2, -0.15) is 4.31 Å². The minimum atomic E-state index is -3.69. The third-order valence-electron chi connectivity index (χ3n) is 6.56. The molecule has 10 heteroatoms. The Balaban J connectivity index is 1.36. The van der Waals surface area contributed by atoms with E-state index in [4.69, 9.17) is 0 Å². The second-order valence-electron chi connectivity index (χ2n) is 8.97. The van der Waals surface area contributed by atoms with Crippen molar-refractivity contribution >= 4 is 39.0 Å². The van der Waals surface area contributed by atoms with Crippen molar-refractivity contribution in [3.8, 4) is 0 Å². The lowest BCUT2D eigenvalue weighted by Gasteiger charge is -2.30. The van der Waals surface area contributed by atoms with Crippen molar-refractivity contribution < 1.29 is 18.0 Å². The highest BCUT2D eigenvalue weighted by atomic mass is 32.2. The zero-order chi connectivity index (χ0) is 23.6. The molecule has 2 amide bonds. The smallest absolute Gasteiger partial charge is 0.254 e. The highest BCUT2D eigenvalue weighted by Gasteiger charge is 2.34. The van der Waals surface area contributed by atoms with E-state index in [2.05, 4.69) is 17.2 Å². The number of nitrogens with zero attached hydrogens (tertiary/aromatic N) is 3. The predicted octanol–water partition coefficient (Wildman–Crippen LogP) is 3.36. The lowest BCUT2D eigenvalue weighted by molar-refractivity contribution is -0.120. The Morgan fingerprint density at radius 3 is 2.48 bits per heavy atom. The number of nitrogens with one attached hydrogen (secondary N) is 1. The van der Waals surface area contributed by atoms with Crippen LogP contribution in [0.25, 0.3) is 0 Å². The fourth-order valence-corrected chi connectivity index (χ4v) is 7.05. The first kappa shape index (κ1) is 23.8. The lowest BCUT2D eigenvalue weighted by Crippen LogP contribution is -2.41. The molecule has 1 N–H and O–H groups in total. The SMILES string of the molecule is Cc1cccnc1NC(=O)C1CCN(S(=O)(=O)c2cc(C(=O)N3CCC(C)CC3)cs2)CC1. The highest BCUT2D eigenvalue weighted by Crippen LogP contribution is 2.29. The van der Waals surface area contributed by atoms with E-state index in [-0.39, 0.29) is 35.0 Å². The topological polar surface area (TPSA) is 99.7 Å². The number of rotatable bonds is 5. The summed E-state index contributed by atoms with van der Waals surface area (Å²) < 4.78 is 27.9. The molecule has 0 atom stereocenters.